The maximum Gasteiger partial charge on any atom is 0.260 e. The molecule has 0 fully saturated rings. The monoisotopic (exact) mass is 355 g/mol. The largest absolute Gasteiger partial charge is 0.507 e. The summed E-state index contributed by atoms with van der Waals surface area (Å²) in [5.74, 6) is 0.855. The Morgan fingerprint density at radius 1 is 1.32 bits per heavy atom. The number of nitrogens with one attached hydrogen (secondary N) is 1. The molecule has 0 bridgehead atoms. The molecule has 1 aliphatic heterocycles. The van der Waals surface area contributed by atoms with Crippen molar-refractivity contribution in [2.24, 2.45) is 0 Å². The van der Waals surface area contributed by atoms with Gasteiger partial charge in [0.1, 0.15) is 16.4 Å². The fraction of sp³-hybridized carbons (Fsp3) is 0.368. The van der Waals surface area contributed by atoms with Gasteiger partial charge < -0.3 is 10.1 Å². The number of nitrogens with zero attached hydrogens (tertiary/aromatic N) is 2. The zero-order valence-corrected chi connectivity index (χ0v) is 15.5. The molecule has 0 aliphatic carbocycles. The Labute approximate surface area is 150 Å². The summed E-state index contributed by atoms with van der Waals surface area (Å²) in [4.78, 5) is 24.9. The van der Waals surface area contributed by atoms with Crippen LogP contribution in [0.3, 0.4) is 0 Å². The second-order valence-corrected chi connectivity index (χ2v) is 7.76. The average Bonchev–Trinajstić information content (AvgIpc) is 2.96. The summed E-state index contributed by atoms with van der Waals surface area (Å²) >= 11 is 1.63. The smallest absolute Gasteiger partial charge is 0.260 e. The molecule has 0 unspecified atom stereocenters. The lowest BCUT2D eigenvalue weighted by Gasteiger charge is -2.24. The van der Waals surface area contributed by atoms with Crippen LogP contribution in [-0.2, 0) is 13.0 Å². The van der Waals surface area contributed by atoms with E-state index < -0.39 is 0 Å². The van der Waals surface area contributed by atoms with E-state index in [1.165, 1.54) is 10.4 Å². The highest BCUT2D eigenvalue weighted by Crippen LogP contribution is 2.34. The van der Waals surface area contributed by atoms with Gasteiger partial charge in [-0.2, -0.15) is 0 Å². The molecule has 2 N–H and O–H groups in total. The van der Waals surface area contributed by atoms with Gasteiger partial charge in [-0.25, -0.2) is 4.98 Å². The Morgan fingerprint density at radius 3 is 2.72 bits per heavy atom. The van der Waals surface area contributed by atoms with E-state index in [9.17, 15) is 9.90 Å². The van der Waals surface area contributed by atoms with Gasteiger partial charge in [0.15, 0.2) is 0 Å². The van der Waals surface area contributed by atoms with E-state index in [-0.39, 0.29) is 5.56 Å². The van der Waals surface area contributed by atoms with Crippen molar-refractivity contribution in [3.8, 4) is 17.1 Å². The molecular weight excluding hydrogens is 334 g/mol. The normalized spacial score (nSPS) is 14.8. The molecule has 0 atom stereocenters. The number of likely N-dealkylation sites (N-methyl/N-ethyl adjacent to an activating group) is 1. The summed E-state index contributed by atoms with van der Waals surface area (Å²) in [6.07, 6.45) is 0.907. The molecule has 3 aromatic rings. The molecule has 1 aromatic carbocycles. The molecule has 5 nitrogen and oxygen atoms in total. The summed E-state index contributed by atoms with van der Waals surface area (Å²) in [5.41, 5.74) is 3.49. The predicted molar refractivity (Wildman–Crippen MR) is 101 cm³/mol. The number of fused-ring (bicyclic) bond motifs is 3. The summed E-state index contributed by atoms with van der Waals surface area (Å²) in [6.45, 7) is 8.79. The number of phenols is 1. The highest BCUT2D eigenvalue weighted by atomic mass is 32.1. The molecular formula is C19H21N3O2S. The molecule has 0 radical (unpaired) electrons. The quantitative estimate of drug-likeness (QED) is 0.740. The fourth-order valence-corrected chi connectivity index (χ4v) is 4.82. The molecule has 0 amide bonds. The highest BCUT2D eigenvalue weighted by Gasteiger charge is 2.23. The predicted octanol–water partition coefficient (Wildman–Crippen LogP) is 3.35. The minimum absolute atomic E-state index is 0.0640. The van der Waals surface area contributed by atoms with Crippen molar-refractivity contribution in [2.45, 2.75) is 33.7 Å². The first-order chi connectivity index (χ1) is 12.0. The number of hydrogen-bond donors (Lipinski definition) is 2. The number of phenolic OH excluding ortho intramolecular Hbond substituents is 1. The topological polar surface area (TPSA) is 69.2 Å². The number of thiophene rings is 1. The van der Waals surface area contributed by atoms with Crippen LogP contribution < -0.4 is 5.56 Å². The van der Waals surface area contributed by atoms with E-state index in [1.807, 2.05) is 26.0 Å². The lowest BCUT2D eigenvalue weighted by molar-refractivity contribution is 0.272. The molecule has 3 heterocycles. The molecule has 2 aromatic heterocycles. The first-order valence-corrected chi connectivity index (χ1v) is 9.37. The van der Waals surface area contributed by atoms with Gasteiger partial charge in [0.05, 0.1) is 5.39 Å². The van der Waals surface area contributed by atoms with Gasteiger partial charge in [-0.1, -0.05) is 6.92 Å². The van der Waals surface area contributed by atoms with Crippen molar-refractivity contribution in [1.29, 1.82) is 0 Å². The van der Waals surface area contributed by atoms with Crippen LogP contribution >= 0.6 is 11.3 Å². The lowest BCUT2D eigenvalue weighted by Crippen LogP contribution is -2.29. The van der Waals surface area contributed by atoms with E-state index in [2.05, 4.69) is 16.8 Å². The van der Waals surface area contributed by atoms with E-state index in [0.29, 0.717) is 11.6 Å². The van der Waals surface area contributed by atoms with Crippen LogP contribution in [0.5, 0.6) is 5.75 Å². The lowest BCUT2D eigenvalue weighted by atomic mass is 10.0. The number of aromatic amines is 1. The molecule has 4 rings (SSSR count). The summed E-state index contributed by atoms with van der Waals surface area (Å²) in [5, 5.41) is 10.7. The molecule has 25 heavy (non-hydrogen) atoms. The van der Waals surface area contributed by atoms with Gasteiger partial charge in [0, 0.05) is 23.5 Å². The van der Waals surface area contributed by atoms with Crippen LogP contribution in [0.25, 0.3) is 21.6 Å². The number of rotatable bonds is 2. The van der Waals surface area contributed by atoms with Gasteiger partial charge in [0.25, 0.3) is 5.56 Å². The van der Waals surface area contributed by atoms with Gasteiger partial charge in [-0.15, -0.1) is 11.3 Å². The first-order valence-electron chi connectivity index (χ1n) is 8.55. The van der Waals surface area contributed by atoms with Crippen molar-refractivity contribution < 1.29 is 5.11 Å². The third kappa shape index (κ3) is 2.65. The number of aromatic hydroxyl groups is 1. The number of aromatic nitrogens is 2. The van der Waals surface area contributed by atoms with E-state index in [4.69, 9.17) is 4.98 Å². The Morgan fingerprint density at radius 2 is 2.04 bits per heavy atom. The molecule has 1 aliphatic rings. The summed E-state index contributed by atoms with van der Waals surface area (Å²) < 4.78 is 0. The SMILES string of the molecule is CCN1CCc2c(sc3nc(-c4cc(C)c(O)c(C)c4)[nH]c(=O)c23)C1. The molecule has 130 valence electrons. The van der Waals surface area contributed by atoms with E-state index >= 15 is 0 Å². The zero-order chi connectivity index (χ0) is 17.7. The van der Waals surface area contributed by atoms with E-state index in [0.717, 1.165) is 53.0 Å². The van der Waals surface area contributed by atoms with Crippen LogP contribution in [0.15, 0.2) is 16.9 Å². The summed E-state index contributed by atoms with van der Waals surface area (Å²) in [7, 11) is 0. The minimum atomic E-state index is -0.0640. The van der Waals surface area contributed by atoms with Gasteiger partial charge in [0.2, 0.25) is 0 Å². The van der Waals surface area contributed by atoms with Crippen molar-refractivity contribution >= 4 is 21.6 Å². The van der Waals surface area contributed by atoms with Crippen LogP contribution in [0.2, 0.25) is 0 Å². The maximum atomic E-state index is 12.7. The summed E-state index contributed by atoms with van der Waals surface area (Å²) in [6, 6.07) is 3.72. The standard InChI is InChI=1S/C19H21N3O2S/c1-4-22-6-5-13-14(9-22)25-19-15(13)18(24)20-17(21-19)12-7-10(2)16(23)11(3)8-12/h7-8,23H,4-6,9H2,1-3H3,(H,20,21,24). The first kappa shape index (κ1) is 16.3. The number of aryl methyl sites for hydroxylation is 2. The van der Waals surface area contributed by atoms with Gasteiger partial charge in [-0.3, -0.25) is 9.69 Å². The Bertz CT molecular complexity index is 1010. The van der Waals surface area contributed by atoms with Crippen molar-refractivity contribution in [2.75, 3.05) is 13.1 Å². The maximum absolute atomic E-state index is 12.7. The third-order valence-corrected chi connectivity index (χ3v) is 6.11. The second-order valence-electron chi connectivity index (χ2n) is 6.68. The average molecular weight is 355 g/mol. The number of hydrogen-bond acceptors (Lipinski definition) is 5. The molecule has 6 heteroatoms. The Balaban J connectivity index is 1.87. The third-order valence-electron chi connectivity index (χ3n) is 5.00. The van der Waals surface area contributed by atoms with Crippen LogP contribution in [0, 0.1) is 13.8 Å². The molecule has 0 saturated heterocycles. The minimum Gasteiger partial charge on any atom is -0.507 e. The number of H-pyrrole nitrogens is 1. The van der Waals surface area contributed by atoms with Crippen LogP contribution in [0.4, 0.5) is 0 Å². The van der Waals surface area contributed by atoms with Crippen molar-refractivity contribution in [3.63, 3.8) is 0 Å². The number of benzene rings is 1. The van der Waals surface area contributed by atoms with Crippen LogP contribution in [0.1, 0.15) is 28.5 Å². The Kier molecular flexibility index (Phi) is 3.89. The van der Waals surface area contributed by atoms with Crippen molar-refractivity contribution in [1.82, 2.24) is 14.9 Å². The Hall–Kier alpha value is -2.18. The van der Waals surface area contributed by atoms with Crippen LogP contribution in [-0.4, -0.2) is 33.1 Å². The van der Waals surface area contributed by atoms with Gasteiger partial charge >= 0.3 is 0 Å². The molecule has 0 saturated carbocycles. The van der Waals surface area contributed by atoms with Crippen molar-refractivity contribution in [3.05, 3.63) is 44.1 Å². The fourth-order valence-electron chi connectivity index (χ4n) is 3.55. The second kappa shape index (κ2) is 5.97. The molecule has 0 spiro atoms. The zero-order valence-electron chi connectivity index (χ0n) is 14.6. The van der Waals surface area contributed by atoms with Gasteiger partial charge in [-0.05, 0) is 55.6 Å². The highest BCUT2D eigenvalue weighted by molar-refractivity contribution is 7.18. The van der Waals surface area contributed by atoms with E-state index in [1.54, 1.807) is 11.3 Å².